The van der Waals surface area contributed by atoms with Crippen LogP contribution in [0.2, 0.25) is 0 Å². The van der Waals surface area contributed by atoms with Gasteiger partial charge in [0.1, 0.15) is 11.3 Å². The maximum atomic E-state index is 12.7. The molecule has 1 N–H and O–H groups in total. The summed E-state index contributed by atoms with van der Waals surface area (Å²) in [5, 5.41) is 10.1. The Bertz CT molecular complexity index is 944. The predicted molar refractivity (Wildman–Crippen MR) is 110 cm³/mol. The van der Waals surface area contributed by atoms with Crippen LogP contribution in [0.25, 0.3) is 16.6 Å². The van der Waals surface area contributed by atoms with E-state index in [0.717, 1.165) is 17.5 Å². The van der Waals surface area contributed by atoms with E-state index in [4.69, 9.17) is 14.5 Å². The number of rotatable bonds is 4. The number of benzene rings is 1. The molecule has 3 heterocycles. The van der Waals surface area contributed by atoms with Crippen molar-refractivity contribution in [1.29, 1.82) is 0 Å². The van der Waals surface area contributed by atoms with E-state index in [1.807, 2.05) is 19.1 Å². The molecule has 0 unspecified atom stereocenters. The molecule has 1 aromatic heterocycles. The van der Waals surface area contributed by atoms with Gasteiger partial charge < -0.3 is 19.5 Å². The molecule has 0 atom stereocenters. The molecule has 1 aromatic carbocycles. The van der Waals surface area contributed by atoms with Crippen LogP contribution in [0.5, 0.6) is 5.75 Å². The Labute approximate surface area is 170 Å². The molecule has 7 heteroatoms. The number of methoxy groups -OCH3 is 1. The normalized spacial score (nSPS) is 19.1. The van der Waals surface area contributed by atoms with Crippen LogP contribution < -0.4 is 4.74 Å². The molecule has 1 amide bonds. The highest BCUT2D eigenvalue weighted by atomic mass is 16.5. The second kappa shape index (κ2) is 8.08. The van der Waals surface area contributed by atoms with E-state index in [9.17, 15) is 9.90 Å². The first kappa shape index (κ1) is 19.8. The number of carbonyl (C=O) groups excluding carboxylic acids is 1. The molecule has 0 bridgehead atoms. The lowest BCUT2D eigenvalue weighted by molar-refractivity contribution is -0.134. The van der Waals surface area contributed by atoms with E-state index >= 15 is 0 Å². The minimum atomic E-state index is -0.678. The van der Waals surface area contributed by atoms with Gasteiger partial charge in [0, 0.05) is 24.8 Å². The maximum Gasteiger partial charge on any atom is 0.228 e. The summed E-state index contributed by atoms with van der Waals surface area (Å²) < 4.78 is 10.9. The van der Waals surface area contributed by atoms with E-state index in [1.54, 1.807) is 18.2 Å². The van der Waals surface area contributed by atoms with Gasteiger partial charge in [-0.05, 0) is 43.9 Å². The van der Waals surface area contributed by atoms with Gasteiger partial charge in [-0.2, -0.15) is 0 Å². The molecule has 2 aromatic rings. The van der Waals surface area contributed by atoms with Crippen LogP contribution in [0.15, 0.2) is 24.4 Å². The fourth-order valence-corrected chi connectivity index (χ4v) is 3.90. The molecule has 1 fully saturated rings. The summed E-state index contributed by atoms with van der Waals surface area (Å²) in [6.45, 7) is 4.25. The summed E-state index contributed by atoms with van der Waals surface area (Å²) in [6, 6.07) is 3.92. The first-order chi connectivity index (χ1) is 14.0. The summed E-state index contributed by atoms with van der Waals surface area (Å²) >= 11 is 0. The Hall–Kier alpha value is -2.51. The number of carbonyl (C=O) groups is 1. The third kappa shape index (κ3) is 4.26. The van der Waals surface area contributed by atoms with Gasteiger partial charge in [-0.25, -0.2) is 4.98 Å². The van der Waals surface area contributed by atoms with E-state index in [-0.39, 0.29) is 12.3 Å². The summed E-state index contributed by atoms with van der Waals surface area (Å²) in [5.41, 5.74) is 3.63. The Morgan fingerprint density at radius 1 is 1.31 bits per heavy atom. The zero-order valence-corrected chi connectivity index (χ0v) is 17.0. The number of nitrogens with zero attached hydrogens (tertiary/aromatic N) is 3. The minimum absolute atomic E-state index is 0.0106. The van der Waals surface area contributed by atoms with E-state index in [0.29, 0.717) is 56.1 Å². The first-order valence-corrected chi connectivity index (χ1v) is 10.1. The van der Waals surface area contributed by atoms with Gasteiger partial charge in [-0.1, -0.05) is 6.08 Å². The smallest absolute Gasteiger partial charge is 0.228 e. The molecule has 2 aliphatic rings. The molecule has 0 spiro atoms. The van der Waals surface area contributed by atoms with Crippen molar-refractivity contribution in [3.8, 4) is 5.75 Å². The molecule has 2 aliphatic heterocycles. The molecular formula is C22H27N3O4. The largest absolute Gasteiger partial charge is 0.494 e. The molecule has 0 radical (unpaired) electrons. The third-order valence-electron chi connectivity index (χ3n) is 5.77. The average molecular weight is 397 g/mol. The van der Waals surface area contributed by atoms with Crippen LogP contribution in [0, 0.1) is 0 Å². The number of ether oxygens (including phenoxy) is 2. The van der Waals surface area contributed by atoms with Gasteiger partial charge in [0.15, 0.2) is 0 Å². The zero-order valence-electron chi connectivity index (χ0n) is 17.0. The lowest BCUT2D eigenvalue weighted by Crippen LogP contribution is -2.45. The lowest BCUT2D eigenvalue weighted by atomic mass is 9.93. The molecule has 7 nitrogen and oxygen atoms in total. The number of aliphatic hydroxyl groups is 1. The fourth-order valence-electron chi connectivity index (χ4n) is 3.90. The number of likely N-dealkylation sites (tertiary alicyclic amines) is 1. The van der Waals surface area contributed by atoms with Crippen molar-refractivity contribution in [3.63, 3.8) is 0 Å². The van der Waals surface area contributed by atoms with Gasteiger partial charge in [-0.15, -0.1) is 0 Å². The lowest BCUT2D eigenvalue weighted by Gasteiger charge is -2.35. The van der Waals surface area contributed by atoms with Crippen LogP contribution in [0.3, 0.4) is 0 Å². The van der Waals surface area contributed by atoms with Crippen molar-refractivity contribution in [2.75, 3.05) is 33.4 Å². The molecule has 29 heavy (non-hydrogen) atoms. The van der Waals surface area contributed by atoms with Crippen LogP contribution in [0.4, 0.5) is 0 Å². The van der Waals surface area contributed by atoms with Crippen LogP contribution in [-0.4, -0.2) is 64.9 Å². The van der Waals surface area contributed by atoms with Gasteiger partial charge in [0.25, 0.3) is 0 Å². The van der Waals surface area contributed by atoms with Crippen molar-refractivity contribution in [2.45, 2.75) is 38.2 Å². The minimum Gasteiger partial charge on any atom is -0.494 e. The highest BCUT2D eigenvalue weighted by Crippen LogP contribution is 2.32. The van der Waals surface area contributed by atoms with Crippen molar-refractivity contribution in [2.24, 2.45) is 0 Å². The molecule has 0 saturated carbocycles. The summed E-state index contributed by atoms with van der Waals surface area (Å²) in [6.07, 6.45) is 5.98. The van der Waals surface area contributed by atoms with Gasteiger partial charge in [0.05, 0.1) is 43.6 Å². The number of piperidine rings is 1. The van der Waals surface area contributed by atoms with E-state index in [2.05, 4.69) is 11.1 Å². The number of fused-ring (bicyclic) bond motifs is 1. The highest BCUT2D eigenvalue weighted by molar-refractivity contribution is 5.92. The number of hydrogen-bond acceptors (Lipinski definition) is 6. The average Bonchev–Trinajstić information content (AvgIpc) is 2.73. The fraction of sp³-hybridized carbons (Fsp3) is 0.500. The van der Waals surface area contributed by atoms with Gasteiger partial charge in [-0.3, -0.25) is 9.78 Å². The monoisotopic (exact) mass is 397 g/mol. The molecule has 0 aliphatic carbocycles. The zero-order chi connectivity index (χ0) is 20.4. The van der Waals surface area contributed by atoms with E-state index < -0.39 is 5.60 Å². The van der Waals surface area contributed by atoms with Gasteiger partial charge >= 0.3 is 0 Å². The first-order valence-electron chi connectivity index (χ1n) is 10.1. The number of hydrogen-bond donors (Lipinski definition) is 1. The Morgan fingerprint density at radius 2 is 2.10 bits per heavy atom. The molecular weight excluding hydrogens is 370 g/mol. The Morgan fingerprint density at radius 3 is 2.79 bits per heavy atom. The van der Waals surface area contributed by atoms with Gasteiger partial charge in [0.2, 0.25) is 5.91 Å². The second-order valence-electron chi connectivity index (χ2n) is 7.98. The van der Waals surface area contributed by atoms with Crippen molar-refractivity contribution in [3.05, 3.63) is 35.7 Å². The van der Waals surface area contributed by atoms with Crippen LogP contribution in [0.1, 0.15) is 37.4 Å². The Balaban J connectivity index is 1.60. The van der Waals surface area contributed by atoms with Crippen molar-refractivity contribution >= 4 is 22.5 Å². The van der Waals surface area contributed by atoms with Crippen molar-refractivity contribution < 1.29 is 19.4 Å². The Kier molecular flexibility index (Phi) is 5.52. The molecule has 154 valence electrons. The van der Waals surface area contributed by atoms with E-state index in [1.165, 1.54) is 5.57 Å². The topological polar surface area (TPSA) is 84.8 Å². The quantitative estimate of drug-likeness (QED) is 0.853. The molecule has 1 saturated heterocycles. The third-order valence-corrected chi connectivity index (χ3v) is 5.77. The predicted octanol–water partition coefficient (Wildman–Crippen LogP) is 2.36. The standard InChI is InChI=1S/C22H27N3O4/c1-22(27)7-9-25(10-8-22)19(26)13-16-14-23-20-17(15-5-11-29-12-6-15)3-4-18(28-2)21(20)24-16/h3-5,14,27H,6-13H2,1-2H3. The summed E-state index contributed by atoms with van der Waals surface area (Å²) in [4.78, 5) is 23.9. The highest BCUT2D eigenvalue weighted by Gasteiger charge is 2.29. The second-order valence-corrected chi connectivity index (χ2v) is 7.98. The number of aromatic nitrogens is 2. The van der Waals surface area contributed by atoms with Crippen LogP contribution >= 0.6 is 0 Å². The molecule has 4 rings (SSSR count). The van der Waals surface area contributed by atoms with Crippen LogP contribution in [-0.2, 0) is 16.0 Å². The number of amides is 1. The maximum absolute atomic E-state index is 12.7. The SMILES string of the molecule is COc1ccc(C2=CCOCC2)c2ncc(CC(=O)N3CCC(C)(O)CC3)nc12. The van der Waals surface area contributed by atoms with Crippen molar-refractivity contribution in [1.82, 2.24) is 14.9 Å². The summed E-state index contributed by atoms with van der Waals surface area (Å²) in [5.74, 6) is 0.656. The summed E-state index contributed by atoms with van der Waals surface area (Å²) in [7, 11) is 1.61.